The molecule has 0 aliphatic carbocycles. The first kappa shape index (κ1) is 15.9. The van der Waals surface area contributed by atoms with E-state index in [1.165, 1.54) is 0 Å². The van der Waals surface area contributed by atoms with Gasteiger partial charge in [0.15, 0.2) is 11.5 Å². The van der Waals surface area contributed by atoms with Gasteiger partial charge in [-0.1, -0.05) is 18.2 Å². The number of anilines is 1. The zero-order chi connectivity index (χ0) is 18.1. The molecule has 0 atom stereocenters. The Morgan fingerprint density at radius 3 is 2.69 bits per heavy atom. The van der Waals surface area contributed by atoms with Gasteiger partial charge >= 0.3 is 0 Å². The third-order valence-electron chi connectivity index (χ3n) is 3.87. The summed E-state index contributed by atoms with van der Waals surface area (Å²) in [7, 11) is 0. The molecule has 5 nitrogen and oxygen atoms in total. The highest BCUT2D eigenvalue weighted by Gasteiger charge is 2.14. The zero-order valence-corrected chi connectivity index (χ0v) is 13.4. The van der Waals surface area contributed by atoms with Crippen molar-refractivity contribution in [2.75, 3.05) is 5.32 Å². The second-order valence-corrected chi connectivity index (χ2v) is 5.61. The lowest BCUT2D eigenvalue weighted by molar-refractivity contribution is 0.102. The van der Waals surface area contributed by atoms with Crippen molar-refractivity contribution in [1.82, 2.24) is 14.6 Å². The van der Waals surface area contributed by atoms with Gasteiger partial charge in [0.2, 0.25) is 0 Å². The first-order valence-electron chi connectivity index (χ1n) is 7.78. The van der Waals surface area contributed by atoms with E-state index in [9.17, 15) is 13.6 Å². The minimum absolute atomic E-state index is 0.232. The fraction of sp³-hybridized carbons (Fsp3) is 0. The monoisotopic (exact) mass is 350 g/mol. The first-order chi connectivity index (χ1) is 12.6. The Balaban J connectivity index is 1.65. The lowest BCUT2D eigenvalue weighted by Crippen LogP contribution is -2.14. The molecule has 2 heterocycles. The van der Waals surface area contributed by atoms with Crippen LogP contribution in [0.2, 0.25) is 0 Å². The molecule has 4 aromatic rings. The Morgan fingerprint density at radius 2 is 1.85 bits per heavy atom. The van der Waals surface area contributed by atoms with Crippen molar-refractivity contribution in [2.24, 2.45) is 0 Å². The number of aromatic nitrogens is 3. The molecule has 0 fully saturated rings. The number of nitrogens with zero attached hydrogens (tertiary/aromatic N) is 3. The lowest BCUT2D eigenvalue weighted by Gasteiger charge is -2.08. The summed E-state index contributed by atoms with van der Waals surface area (Å²) in [6.45, 7) is 0. The molecule has 0 saturated heterocycles. The smallest absolute Gasteiger partial charge is 0.258 e. The molecule has 0 aliphatic rings. The van der Waals surface area contributed by atoms with Gasteiger partial charge in [0, 0.05) is 23.5 Å². The lowest BCUT2D eigenvalue weighted by atomic mass is 10.1. The van der Waals surface area contributed by atoms with E-state index in [0.29, 0.717) is 23.2 Å². The molecular weight excluding hydrogens is 338 g/mol. The predicted molar refractivity (Wildman–Crippen MR) is 92.7 cm³/mol. The van der Waals surface area contributed by atoms with E-state index in [4.69, 9.17) is 0 Å². The molecular formula is C19H12F2N4O. The van der Waals surface area contributed by atoms with E-state index < -0.39 is 17.5 Å². The maximum atomic E-state index is 13.8. The molecule has 0 unspecified atom stereocenters. The summed E-state index contributed by atoms with van der Waals surface area (Å²) in [5, 5.41) is 10.9. The molecule has 1 amide bonds. The molecule has 0 spiro atoms. The second kappa shape index (κ2) is 6.36. The van der Waals surface area contributed by atoms with Crippen LogP contribution in [0.3, 0.4) is 0 Å². The number of nitrogens with one attached hydrogen (secondary N) is 1. The van der Waals surface area contributed by atoms with E-state index in [1.54, 1.807) is 18.2 Å². The number of benzene rings is 2. The average molecular weight is 350 g/mol. The van der Waals surface area contributed by atoms with E-state index in [1.807, 2.05) is 34.9 Å². The molecule has 26 heavy (non-hydrogen) atoms. The molecule has 0 aliphatic heterocycles. The minimum atomic E-state index is -0.915. The number of halogens is 2. The van der Waals surface area contributed by atoms with Gasteiger partial charge in [-0.05, 0) is 36.4 Å². The Labute approximate surface area is 146 Å². The first-order valence-corrected chi connectivity index (χ1v) is 7.78. The number of pyridine rings is 1. The number of carbonyl (C=O) groups is 1. The van der Waals surface area contributed by atoms with Gasteiger partial charge in [-0.2, -0.15) is 0 Å². The second-order valence-electron chi connectivity index (χ2n) is 5.61. The van der Waals surface area contributed by atoms with Gasteiger partial charge in [0.05, 0.1) is 5.56 Å². The largest absolute Gasteiger partial charge is 0.322 e. The van der Waals surface area contributed by atoms with E-state index in [2.05, 4.69) is 15.5 Å². The molecule has 0 bridgehead atoms. The van der Waals surface area contributed by atoms with Gasteiger partial charge in [0.1, 0.15) is 11.6 Å². The topological polar surface area (TPSA) is 59.3 Å². The summed E-state index contributed by atoms with van der Waals surface area (Å²) < 4.78 is 28.6. The van der Waals surface area contributed by atoms with Crippen molar-refractivity contribution in [3.63, 3.8) is 0 Å². The van der Waals surface area contributed by atoms with Gasteiger partial charge in [-0.25, -0.2) is 8.78 Å². The highest BCUT2D eigenvalue weighted by molar-refractivity contribution is 6.04. The van der Waals surface area contributed by atoms with Crippen LogP contribution < -0.4 is 5.32 Å². The van der Waals surface area contributed by atoms with Crippen LogP contribution in [-0.2, 0) is 0 Å². The highest BCUT2D eigenvalue weighted by atomic mass is 19.1. The number of carbonyl (C=O) groups excluding carboxylic acids is 1. The molecule has 0 saturated carbocycles. The number of rotatable bonds is 3. The predicted octanol–water partition coefficient (Wildman–Crippen LogP) is 3.93. The fourth-order valence-corrected chi connectivity index (χ4v) is 2.65. The molecule has 7 heteroatoms. The van der Waals surface area contributed by atoms with Crippen LogP contribution in [0.25, 0.3) is 17.0 Å². The number of hydrogen-bond acceptors (Lipinski definition) is 3. The van der Waals surface area contributed by atoms with Crippen LogP contribution in [-0.4, -0.2) is 20.5 Å². The van der Waals surface area contributed by atoms with Crippen LogP contribution >= 0.6 is 0 Å². The van der Waals surface area contributed by atoms with E-state index in [0.717, 1.165) is 17.7 Å². The zero-order valence-electron chi connectivity index (χ0n) is 13.4. The molecule has 2 aromatic carbocycles. The van der Waals surface area contributed by atoms with Crippen molar-refractivity contribution in [3.05, 3.63) is 84.1 Å². The third kappa shape index (κ3) is 2.90. The van der Waals surface area contributed by atoms with E-state index in [-0.39, 0.29) is 5.56 Å². The summed E-state index contributed by atoms with van der Waals surface area (Å²) in [5.41, 5.74) is 1.67. The van der Waals surface area contributed by atoms with Crippen molar-refractivity contribution in [1.29, 1.82) is 0 Å². The van der Waals surface area contributed by atoms with Crippen LogP contribution in [0.4, 0.5) is 14.5 Å². The fourth-order valence-electron chi connectivity index (χ4n) is 2.65. The normalized spacial score (nSPS) is 10.8. The Hall–Kier alpha value is -3.61. The standard InChI is InChI=1S/C19H12F2N4O/c20-13-7-8-15(16(21)11-13)19(26)22-14-5-3-4-12(10-14)18-24-23-17-6-1-2-9-25(17)18/h1-11H,(H,22,26). The molecule has 0 radical (unpaired) electrons. The summed E-state index contributed by atoms with van der Waals surface area (Å²) >= 11 is 0. The number of amides is 1. The molecule has 4 rings (SSSR count). The maximum Gasteiger partial charge on any atom is 0.258 e. The minimum Gasteiger partial charge on any atom is -0.322 e. The molecule has 1 N–H and O–H groups in total. The molecule has 2 aromatic heterocycles. The Morgan fingerprint density at radius 1 is 0.962 bits per heavy atom. The van der Waals surface area contributed by atoms with Gasteiger partial charge in [-0.15, -0.1) is 10.2 Å². The van der Waals surface area contributed by atoms with Crippen molar-refractivity contribution in [2.45, 2.75) is 0 Å². The van der Waals surface area contributed by atoms with Crippen molar-refractivity contribution in [3.8, 4) is 11.4 Å². The van der Waals surface area contributed by atoms with Crippen LogP contribution in [0.5, 0.6) is 0 Å². The van der Waals surface area contributed by atoms with E-state index >= 15 is 0 Å². The Bertz CT molecular complexity index is 1120. The quantitative estimate of drug-likeness (QED) is 0.609. The summed E-state index contributed by atoms with van der Waals surface area (Å²) in [5.74, 6) is -1.70. The van der Waals surface area contributed by atoms with Gasteiger partial charge < -0.3 is 5.32 Å². The summed E-state index contributed by atoms with van der Waals surface area (Å²) in [6, 6.07) is 15.3. The third-order valence-corrected chi connectivity index (χ3v) is 3.87. The van der Waals surface area contributed by atoms with Crippen LogP contribution in [0.1, 0.15) is 10.4 Å². The number of hydrogen-bond donors (Lipinski definition) is 1. The van der Waals surface area contributed by atoms with Crippen LogP contribution in [0.15, 0.2) is 66.9 Å². The van der Waals surface area contributed by atoms with Crippen molar-refractivity contribution >= 4 is 17.2 Å². The summed E-state index contributed by atoms with van der Waals surface area (Å²) in [4.78, 5) is 12.2. The average Bonchev–Trinajstić information content (AvgIpc) is 3.06. The number of fused-ring (bicyclic) bond motifs is 1. The van der Waals surface area contributed by atoms with Crippen molar-refractivity contribution < 1.29 is 13.6 Å². The van der Waals surface area contributed by atoms with Gasteiger partial charge in [-0.3, -0.25) is 9.20 Å². The molecule has 128 valence electrons. The Kier molecular flexibility index (Phi) is 3.89. The SMILES string of the molecule is O=C(Nc1cccc(-c2nnc3ccccn23)c1)c1ccc(F)cc1F. The maximum absolute atomic E-state index is 13.8. The van der Waals surface area contributed by atoms with Crippen LogP contribution in [0, 0.1) is 11.6 Å². The highest BCUT2D eigenvalue weighted by Crippen LogP contribution is 2.22. The summed E-state index contributed by atoms with van der Waals surface area (Å²) in [6.07, 6.45) is 1.84. The van der Waals surface area contributed by atoms with Gasteiger partial charge in [0.25, 0.3) is 5.91 Å².